The molecular weight excluding hydrogens is 325 g/mol. The van der Waals surface area contributed by atoms with Crippen molar-refractivity contribution in [2.75, 3.05) is 39.3 Å². The maximum atomic E-state index is 12.9. The summed E-state index contributed by atoms with van der Waals surface area (Å²) in [6.45, 7) is 3.79. The fourth-order valence-electron chi connectivity index (χ4n) is 3.22. The van der Waals surface area contributed by atoms with Gasteiger partial charge in [-0.25, -0.2) is 4.39 Å². The van der Waals surface area contributed by atoms with Gasteiger partial charge in [-0.2, -0.15) is 0 Å². The first-order valence-electron chi connectivity index (χ1n) is 8.61. The fraction of sp³-hybridized carbons (Fsp3) is 0.500. The zero-order valence-electron chi connectivity index (χ0n) is 14.1. The SMILES string of the molecule is O=C(Cc1ccc(F)cc1)N1CCN(CCN2C(=O)CCC2=O)CC1. The molecule has 3 amide bonds. The van der Waals surface area contributed by atoms with E-state index in [1.807, 2.05) is 4.90 Å². The van der Waals surface area contributed by atoms with E-state index in [9.17, 15) is 18.8 Å². The lowest BCUT2D eigenvalue weighted by Crippen LogP contribution is -2.51. The van der Waals surface area contributed by atoms with Crippen LogP contribution in [0.2, 0.25) is 0 Å². The van der Waals surface area contributed by atoms with Crippen LogP contribution in [0.3, 0.4) is 0 Å². The summed E-state index contributed by atoms with van der Waals surface area (Å²) < 4.78 is 12.9. The third-order valence-corrected chi connectivity index (χ3v) is 4.79. The molecule has 0 radical (unpaired) electrons. The topological polar surface area (TPSA) is 60.9 Å². The molecule has 1 aromatic carbocycles. The Hall–Kier alpha value is -2.28. The van der Waals surface area contributed by atoms with E-state index < -0.39 is 0 Å². The van der Waals surface area contributed by atoms with E-state index >= 15 is 0 Å². The minimum absolute atomic E-state index is 0.0381. The summed E-state index contributed by atoms with van der Waals surface area (Å²) in [7, 11) is 0. The Morgan fingerprint density at radius 1 is 0.920 bits per heavy atom. The van der Waals surface area contributed by atoms with Crippen LogP contribution in [0.5, 0.6) is 0 Å². The van der Waals surface area contributed by atoms with E-state index in [0.29, 0.717) is 39.0 Å². The summed E-state index contributed by atoms with van der Waals surface area (Å²) in [6, 6.07) is 5.99. The monoisotopic (exact) mass is 347 g/mol. The Balaban J connectivity index is 1.42. The minimum atomic E-state index is -0.306. The zero-order valence-corrected chi connectivity index (χ0v) is 14.1. The number of piperazine rings is 1. The van der Waals surface area contributed by atoms with E-state index in [1.54, 1.807) is 12.1 Å². The molecule has 3 rings (SSSR count). The molecule has 2 fully saturated rings. The molecule has 6 nitrogen and oxygen atoms in total. The van der Waals surface area contributed by atoms with Gasteiger partial charge in [-0.05, 0) is 17.7 Å². The van der Waals surface area contributed by atoms with Crippen LogP contribution in [-0.2, 0) is 20.8 Å². The van der Waals surface area contributed by atoms with E-state index in [0.717, 1.165) is 18.7 Å². The van der Waals surface area contributed by atoms with Crippen molar-refractivity contribution >= 4 is 17.7 Å². The summed E-state index contributed by atoms with van der Waals surface area (Å²) in [4.78, 5) is 40.9. The van der Waals surface area contributed by atoms with Crippen LogP contribution in [-0.4, -0.2) is 71.7 Å². The molecule has 2 aliphatic rings. The highest BCUT2D eigenvalue weighted by molar-refractivity contribution is 6.01. The van der Waals surface area contributed by atoms with Crippen molar-refractivity contribution in [3.8, 4) is 0 Å². The van der Waals surface area contributed by atoms with E-state index in [1.165, 1.54) is 17.0 Å². The van der Waals surface area contributed by atoms with Gasteiger partial charge < -0.3 is 4.90 Å². The van der Waals surface area contributed by atoms with Crippen molar-refractivity contribution in [2.45, 2.75) is 19.3 Å². The highest BCUT2D eigenvalue weighted by atomic mass is 19.1. The van der Waals surface area contributed by atoms with Gasteiger partial charge in [0, 0.05) is 52.1 Å². The molecule has 2 saturated heterocycles. The van der Waals surface area contributed by atoms with Gasteiger partial charge in [-0.15, -0.1) is 0 Å². The molecule has 0 N–H and O–H groups in total. The largest absolute Gasteiger partial charge is 0.340 e. The van der Waals surface area contributed by atoms with Gasteiger partial charge in [-0.3, -0.25) is 24.2 Å². The third-order valence-electron chi connectivity index (χ3n) is 4.79. The highest BCUT2D eigenvalue weighted by Gasteiger charge is 2.29. The smallest absolute Gasteiger partial charge is 0.229 e. The van der Waals surface area contributed by atoms with Gasteiger partial charge in [0.15, 0.2) is 0 Å². The number of carbonyl (C=O) groups excluding carboxylic acids is 3. The molecule has 0 atom stereocenters. The number of imide groups is 1. The van der Waals surface area contributed by atoms with Crippen molar-refractivity contribution in [2.24, 2.45) is 0 Å². The maximum Gasteiger partial charge on any atom is 0.229 e. The number of hydrogen-bond acceptors (Lipinski definition) is 4. The number of hydrogen-bond donors (Lipinski definition) is 0. The molecule has 7 heteroatoms. The number of amides is 3. The van der Waals surface area contributed by atoms with Gasteiger partial charge in [0.2, 0.25) is 17.7 Å². The second-order valence-corrected chi connectivity index (χ2v) is 6.46. The fourth-order valence-corrected chi connectivity index (χ4v) is 3.22. The zero-order chi connectivity index (χ0) is 17.8. The number of benzene rings is 1. The Morgan fingerprint density at radius 3 is 2.12 bits per heavy atom. The van der Waals surface area contributed by atoms with Crippen LogP contribution in [0.25, 0.3) is 0 Å². The van der Waals surface area contributed by atoms with Gasteiger partial charge in [-0.1, -0.05) is 12.1 Å². The number of carbonyl (C=O) groups is 3. The summed E-state index contributed by atoms with van der Waals surface area (Å²) in [5.74, 6) is -0.438. The lowest BCUT2D eigenvalue weighted by Gasteiger charge is -2.35. The van der Waals surface area contributed by atoms with Gasteiger partial charge in [0.1, 0.15) is 5.82 Å². The Bertz CT molecular complexity index is 638. The van der Waals surface area contributed by atoms with Gasteiger partial charge in [0.25, 0.3) is 0 Å². The van der Waals surface area contributed by atoms with Crippen molar-refractivity contribution in [3.05, 3.63) is 35.6 Å². The number of nitrogens with zero attached hydrogens (tertiary/aromatic N) is 3. The van der Waals surface area contributed by atoms with Crippen LogP contribution in [0.15, 0.2) is 24.3 Å². The number of halogens is 1. The molecule has 2 aliphatic heterocycles. The Labute approximate surface area is 146 Å². The second kappa shape index (κ2) is 7.74. The second-order valence-electron chi connectivity index (χ2n) is 6.46. The van der Waals surface area contributed by atoms with E-state index in [-0.39, 0.29) is 30.0 Å². The standard InChI is InChI=1S/C18H22FN3O3/c19-15-3-1-14(2-4-15)13-18(25)21-10-7-20(8-11-21)9-12-22-16(23)5-6-17(22)24/h1-4H,5-13H2. The minimum Gasteiger partial charge on any atom is -0.340 e. The highest BCUT2D eigenvalue weighted by Crippen LogP contribution is 2.12. The summed E-state index contributed by atoms with van der Waals surface area (Å²) in [5, 5.41) is 0. The van der Waals surface area contributed by atoms with Crippen molar-refractivity contribution < 1.29 is 18.8 Å². The number of likely N-dealkylation sites (tertiary alicyclic amines) is 1. The first-order valence-corrected chi connectivity index (χ1v) is 8.61. The average molecular weight is 347 g/mol. The molecule has 134 valence electrons. The first-order chi connectivity index (χ1) is 12.0. The summed E-state index contributed by atoms with van der Waals surface area (Å²) >= 11 is 0. The molecule has 1 aromatic rings. The van der Waals surface area contributed by atoms with Crippen molar-refractivity contribution in [3.63, 3.8) is 0 Å². The predicted octanol–water partition coefficient (Wildman–Crippen LogP) is 0.661. The maximum absolute atomic E-state index is 12.9. The van der Waals surface area contributed by atoms with Crippen molar-refractivity contribution in [1.29, 1.82) is 0 Å². The Kier molecular flexibility index (Phi) is 5.43. The average Bonchev–Trinajstić information content (AvgIpc) is 2.93. The lowest BCUT2D eigenvalue weighted by molar-refractivity contribution is -0.138. The van der Waals surface area contributed by atoms with Crippen LogP contribution in [0, 0.1) is 5.82 Å². The summed E-state index contributed by atoms with van der Waals surface area (Å²) in [6.07, 6.45) is 0.923. The molecular formula is C18H22FN3O3. The third kappa shape index (κ3) is 4.42. The van der Waals surface area contributed by atoms with E-state index in [2.05, 4.69) is 4.90 Å². The first kappa shape index (κ1) is 17.5. The normalized spacial score (nSPS) is 18.9. The summed E-state index contributed by atoms with van der Waals surface area (Å²) in [5.41, 5.74) is 0.805. The quantitative estimate of drug-likeness (QED) is 0.735. The molecule has 0 unspecified atom stereocenters. The molecule has 25 heavy (non-hydrogen) atoms. The molecule has 0 bridgehead atoms. The van der Waals surface area contributed by atoms with Crippen LogP contribution in [0.4, 0.5) is 4.39 Å². The number of rotatable bonds is 5. The predicted molar refractivity (Wildman–Crippen MR) is 89.1 cm³/mol. The van der Waals surface area contributed by atoms with Crippen LogP contribution in [0.1, 0.15) is 18.4 Å². The Morgan fingerprint density at radius 2 is 1.52 bits per heavy atom. The van der Waals surface area contributed by atoms with Crippen LogP contribution >= 0.6 is 0 Å². The molecule has 0 spiro atoms. The lowest BCUT2D eigenvalue weighted by atomic mass is 10.1. The van der Waals surface area contributed by atoms with Crippen LogP contribution < -0.4 is 0 Å². The van der Waals surface area contributed by atoms with Gasteiger partial charge >= 0.3 is 0 Å². The van der Waals surface area contributed by atoms with Crippen molar-refractivity contribution in [1.82, 2.24) is 14.7 Å². The van der Waals surface area contributed by atoms with E-state index in [4.69, 9.17) is 0 Å². The molecule has 2 heterocycles. The molecule has 0 saturated carbocycles. The molecule has 0 aromatic heterocycles. The molecule has 0 aliphatic carbocycles. The van der Waals surface area contributed by atoms with Gasteiger partial charge in [0.05, 0.1) is 6.42 Å².